The van der Waals surface area contributed by atoms with Crippen molar-refractivity contribution >= 4 is 11.8 Å². The molecule has 0 N–H and O–H groups in total. The summed E-state index contributed by atoms with van der Waals surface area (Å²) in [5, 5.41) is 0. The Morgan fingerprint density at radius 2 is 1.69 bits per heavy atom. The number of hydrogen-bond acceptors (Lipinski definition) is 5. The van der Waals surface area contributed by atoms with Crippen LogP contribution in [0.5, 0.6) is 11.5 Å². The Hall–Kier alpha value is -2.82. The molecule has 0 radical (unpaired) electrons. The first-order valence-electron chi connectivity index (χ1n) is 8.47. The number of ether oxygens (including phenoxy) is 3. The Balaban J connectivity index is 2.03. The average molecular weight is 354 g/mol. The molecule has 2 aromatic rings. The standard InChI is InChI=1S/C21H22O5/c1-21(2,3)26-20(23)17-18(22)15-7-5-6-8-16(15)25-19(17)13-9-11-14(24-4)12-10-13/h5-12,17,19H,1-4H3/t17?,19-/m0/s1. The first kappa shape index (κ1) is 18.0. The molecule has 26 heavy (non-hydrogen) atoms. The van der Waals surface area contributed by atoms with E-state index in [-0.39, 0.29) is 5.78 Å². The maximum Gasteiger partial charge on any atom is 0.321 e. The molecule has 0 bridgehead atoms. The summed E-state index contributed by atoms with van der Waals surface area (Å²) in [6, 6.07) is 14.1. The summed E-state index contributed by atoms with van der Waals surface area (Å²) in [6.45, 7) is 5.32. The van der Waals surface area contributed by atoms with Crippen molar-refractivity contribution in [1.82, 2.24) is 0 Å². The van der Waals surface area contributed by atoms with E-state index in [0.717, 1.165) is 0 Å². The molecule has 0 saturated heterocycles. The molecule has 136 valence electrons. The van der Waals surface area contributed by atoms with Crippen molar-refractivity contribution in [2.45, 2.75) is 32.5 Å². The second-order valence-electron chi connectivity index (χ2n) is 7.18. The lowest BCUT2D eigenvalue weighted by molar-refractivity contribution is -0.161. The number of esters is 1. The smallest absolute Gasteiger partial charge is 0.321 e. The van der Waals surface area contributed by atoms with Gasteiger partial charge >= 0.3 is 5.97 Å². The van der Waals surface area contributed by atoms with E-state index >= 15 is 0 Å². The fraction of sp³-hybridized carbons (Fsp3) is 0.333. The fourth-order valence-electron chi connectivity index (χ4n) is 2.93. The maximum atomic E-state index is 13.0. The van der Waals surface area contributed by atoms with Crippen LogP contribution in [0.15, 0.2) is 48.5 Å². The van der Waals surface area contributed by atoms with Crippen LogP contribution in [0, 0.1) is 5.92 Å². The number of ketones is 1. The first-order chi connectivity index (χ1) is 12.3. The Morgan fingerprint density at radius 1 is 1.04 bits per heavy atom. The van der Waals surface area contributed by atoms with Crippen LogP contribution in [-0.4, -0.2) is 24.5 Å². The Kier molecular flexibility index (Phi) is 4.72. The van der Waals surface area contributed by atoms with Crippen LogP contribution < -0.4 is 9.47 Å². The maximum absolute atomic E-state index is 13.0. The van der Waals surface area contributed by atoms with Crippen LogP contribution in [0.25, 0.3) is 0 Å². The SMILES string of the molecule is COc1ccc([C@@H]2Oc3ccccc3C(=O)C2C(=O)OC(C)(C)C)cc1. The third-order valence-corrected chi connectivity index (χ3v) is 4.10. The van der Waals surface area contributed by atoms with Gasteiger partial charge in [-0.2, -0.15) is 0 Å². The quantitative estimate of drug-likeness (QED) is 0.616. The second-order valence-corrected chi connectivity index (χ2v) is 7.18. The van der Waals surface area contributed by atoms with E-state index in [1.54, 1.807) is 76.4 Å². The molecule has 0 fully saturated rings. The minimum absolute atomic E-state index is 0.290. The van der Waals surface area contributed by atoms with Crippen molar-refractivity contribution in [2.24, 2.45) is 5.92 Å². The summed E-state index contributed by atoms with van der Waals surface area (Å²) in [7, 11) is 1.58. The van der Waals surface area contributed by atoms with Gasteiger partial charge in [-0.1, -0.05) is 24.3 Å². The molecule has 0 aromatic heterocycles. The highest BCUT2D eigenvalue weighted by molar-refractivity contribution is 6.11. The topological polar surface area (TPSA) is 61.8 Å². The highest BCUT2D eigenvalue weighted by Gasteiger charge is 2.45. The molecule has 0 amide bonds. The minimum atomic E-state index is -1.06. The number of methoxy groups -OCH3 is 1. The first-order valence-corrected chi connectivity index (χ1v) is 8.47. The van der Waals surface area contributed by atoms with E-state index in [1.807, 2.05) is 0 Å². The van der Waals surface area contributed by atoms with Crippen LogP contribution in [0.3, 0.4) is 0 Å². The van der Waals surface area contributed by atoms with E-state index in [9.17, 15) is 9.59 Å². The molecule has 5 nitrogen and oxygen atoms in total. The number of Topliss-reactive ketones (excluding diaryl/α,β-unsaturated/α-hetero) is 1. The van der Waals surface area contributed by atoms with Gasteiger partial charge in [-0.05, 0) is 50.6 Å². The van der Waals surface area contributed by atoms with Crippen LogP contribution in [0.1, 0.15) is 42.8 Å². The number of carbonyl (C=O) groups excluding carboxylic acids is 2. The Morgan fingerprint density at radius 3 is 2.31 bits per heavy atom. The molecule has 3 rings (SSSR count). The number of benzene rings is 2. The molecule has 0 saturated carbocycles. The van der Waals surface area contributed by atoms with Crippen molar-refractivity contribution in [3.8, 4) is 11.5 Å². The highest BCUT2D eigenvalue weighted by Crippen LogP contribution is 2.40. The predicted molar refractivity (Wildman–Crippen MR) is 96.5 cm³/mol. The molecular formula is C21H22O5. The summed E-state index contributed by atoms with van der Waals surface area (Å²) in [5.41, 5.74) is 0.413. The van der Waals surface area contributed by atoms with Gasteiger partial charge in [0.1, 0.15) is 23.2 Å². The molecular weight excluding hydrogens is 332 g/mol. The van der Waals surface area contributed by atoms with E-state index in [4.69, 9.17) is 14.2 Å². The zero-order valence-electron chi connectivity index (χ0n) is 15.3. The van der Waals surface area contributed by atoms with Crippen molar-refractivity contribution in [1.29, 1.82) is 0 Å². The van der Waals surface area contributed by atoms with Crippen LogP contribution in [-0.2, 0) is 9.53 Å². The van der Waals surface area contributed by atoms with Gasteiger partial charge in [0.15, 0.2) is 11.7 Å². The van der Waals surface area contributed by atoms with Gasteiger partial charge in [-0.25, -0.2) is 0 Å². The lowest BCUT2D eigenvalue weighted by atomic mass is 9.85. The largest absolute Gasteiger partial charge is 0.497 e. The summed E-state index contributed by atoms with van der Waals surface area (Å²) >= 11 is 0. The predicted octanol–water partition coefficient (Wildman–Crippen LogP) is 3.97. The van der Waals surface area contributed by atoms with Gasteiger partial charge in [0.05, 0.1) is 12.7 Å². The lowest BCUT2D eigenvalue weighted by Gasteiger charge is -2.33. The van der Waals surface area contributed by atoms with Gasteiger partial charge in [0, 0.05) is 0 Å². The third kappa shape index (κ3) is 3.57. The number of fused-ring (bicyclic) bond motifs is 1. The van der Waals surface area contributed by atoms with Gasteiger partial charge in [-0.15, -0.1) is 0 Å². The minimum Gasteiger partial charge on any atom is -0.497 e. The molecule has 5 heteroatoms. The summed E-state index contributed by atoms with van der Waals surface area (Å²) < 4.78 is 16.7. The third-order valence-electron chi connectivity index (χ3n) is 4.10. The van der Waals surface area contributed by atoms with Crippen LogP contribution in [0.4, 0.5) is 0 Å². The van der Waals surface area contributed by atoms with Gasteiger partial charge in [0.2, 0.25) is 0 Å². The van der Waals surface area contributed by atoms with E-state index in [1.165, 1.54) is 0 Å². The normalized spacial score (nSPS) is 19.3. The molecule has 2 atom stereocenters. The number of hydrogen-bond donors (Lipinski definition) is 0. The molecule has 1 unspecified atom stereocenters. The van der Waals surface area contributed by atoms with E-state index in [2.05, 4.69) is 0 Å². The molecule has 0 aliphatic carbocycles. The van der Waals surface area contributed by atoms with Gasteiger partial charge in [-0.3, -0.25) is 9.59 Å². The number of rotatable bonds is 3. The zero-order chi connectivity index (χ0) is 18.9. The summed E-state index contributed by atoms with van der Waals surface area (Å²) in [4.78, 5) is 25.8. The van der Waals surface area contributed by atoms with Crippen molar-refractivity contribution in [2.75, 3.05) is 7.11 Å². The lowest BCUT2D eigenvalue weighted by Crippen LogP contribution is -2.40. The molecule has 2 aromatic carbocycles. The number of para-hydroxylation sites is 1. The second kappa shape index (κ2) is 6.83. The van der Waals surface area contributed by atoms with Crippen LogP contribution in [0.2, 0.25) is 0 Å². The average Bonchev–Trinajstić information content (AvgIpc) is 2.60. The molecule has 0 spiro atoms. The summed E-state index contributed by atoms with van der Waals surface area (Å²) in [6.07, 6.45) is -0.752. The van der Waals surface area contributed by atoms with Crippen molar-refractivity contribution in [3.05, 3.63) is 59.7 Å². The van der Waals surface area contributed by atoms with E-state index < -0.39 is 23.6 Å². The molecule has 1 aliphatic rings. The Labute approximate surface area is 152 Å². The van der Waals surface area contributed by atoms with Gasteiger partial charge < -0.3 is 14.2 Å². The highest BCUT2D eigenvalue weighted by atomic mass is 16.6. The molecule has 1 aliphatic heterocycles. The van der Waals surface area contributed by atoms with Crippen LogP contribution >= 0.6 is 0 Å². The molecule has 1 heterocycles. The van der Waals surface area contributed by atoms with E-state index in [0.29, 0.717) is 22.6 Å². The number of carbonyl (C=O) groups is 2. The summed E-state index contributed by atoms with van der Waals surface area (Å²) in [5.74, 6) is -0.777. The van der Waals surface area contributed by atoms with Gasteiger partial charge in [0.25, 0.3) is 0 Å². The zero-order valence-corrected chi connectivity index (χ0v) is 15.3. The fourth-order valence-corrected chi connectivity index (χ4v) is 2.93. The monoisotopic (exact) mass is 354 g/mol. The van der Waals surface area contributed by atoms with Crippen molar-refractivity contribution in [3.63, 3.8) is 0 Å². The Bertz CT molecular complexity index is 817. The van der Waals surface area contributed by atoms with Crippen molar-refractivity contribution < 1.29 is 23.8 Å².